The largest absolute Gasteiger partial charge is 0.394 e. The van der Waals surface area contributed by atoms with E-state index in [0.717, 1.165) is 0 Å². The van der Waals surface area contributed by atoms with Gasteiger partial charge in [0.1, 0.15) is 4.90 Å². The minimum Gasteiger partial charge on any atom is -0.394 e. The summed E-state index contributed by atoms with van der Waals surface area (Å²) in [4.78, 5) is -0.125. The van der Waals surface area contributed by atoms with E-state index in [0.29, 0.717) is 22.2 Å². The predicted molar refractivity (Wildman–Crippen MR) is 89.0 cm³/mol. The van der Waals surface area contributed by atoms with Crippen LogP contribution in [0, 0.1) is 0 Å². The first kappa shape index (κ1) is 15.7. The quantitative estimate of drug-likeness (QED) is 0.720. The Labute approximate surface area is 134 Å². The highest BCUT2D eigenvalue weighted by Gasteiger charge is 2.28. The molecule has 1 unspecified atom stereocenters. The van der Waals surface area contributed by atoms with Crippen molar-refractivity contribution >= 4 is 21.0 Å². The molecule has 23 heavy (non-hydrogen) atoms. The fourth-order valence-electron chi connectivity index (χ4n) is 2.90. The molecule has 3 aromatic rings. The highest BCUT2D eigenvalue weighted by molar-refractivity contribution is 7.86. The summed E-state index contributed by atoms with van der Waals surface area (Å²) in [5, 5.41) is 10.0. The second kappa shape index (κ2) is 5.81. The lowest BCUT2D eigenvalue weighted by Crippen LogP contribution is -2.11. The van der Waals surface area contributed by atoms with E-state index in [2.05, 4.69) is 0 Å². The van der Waals surface area contributed by atoms with Gasteiger partial charge in [0.05, 0.1) is 23.9 Å². The number of rotatable bonds is 4. The minimum atomic E-state index is -4.43. The van der Waals surface area contributed by atoms with E-state index in [1.165, 1.54) is 0 Å². The van der Waals surface area contributed by atoms with Gasteiger partial charge in [0.15, 0.2) is 0 Å². The van der Waals surface area contributed by atoms with Crippen LogP contribution in [-0.4, -0.2) is 29.3 Å². The van der Waals surface area contributed by atoms with Gasteiger partial charge in [-0.15, -0.1) is 0 Å². The molecule has 0 aliphatic rings. The van der Waals surface area contributed by atoms with Gasteiger partial charge in [-0.3, -0.25) is 4.55 Å². The normalized spacial score (nSPS) is 13.3. The highest BCUT2D eigenvalue weighted by Crippen LogP contribution is 2.38. The van der Waals surface area contributed by atoms with Crippen LogP contribution in [0.2, 0.25) is 0 Å². The van der Waals surface area contributed by atoms with E-state index in [9.17, 15) is 18.1 Å². The molecule has 3 rings (SSSR count). The third-order valence-electron chi connectivity index (χ3n) is 3.87. The van der Waals surface area contributed by atoms with Gasteiger partial charge in [-0.05, 0) is 18.6 Å². The molecular weight excluding hydrogens is 314 g/mol. The lowest BCUT2D eigenvalue weighted by Gasteiger charge is -2.17. The third kappa shape index (κ3) is 2.65. The van der Waals surface area contributed by atoms with Crippen LogP contribution in [0.3, 0.4) is 0 Å². The Balaban J connectivity index is 2.53. The summed E-state index contributed by atoms with van der Waals surface area (Å²) in [6.45, 7) is 1.65. The second-order valence-electron chi connectivity index (χ2n) is 5.44. The predicted octanol–water partition coefficient (Wildman–Crippen LogP) is 3.11. The standard InChI is InChI=1S/C17H17NO4S/c1-12(11-19)18-15-10-6-5-9-14(15)17(23(20,21)22)16(18)13-7-3-2-4-8-13/h2-10,12,19H,11H2,1H3,(H,20,21,22). The smallest absolute Gasteiger partial charge is 0.297 e. The van der Waals surface area contributed by atoms with Gasteiger partial charge in [-0.25, -0.2) is 0 Å². The molecule has 2 N–H and O–H groups in total. The van der Waals surface area contributed by atoms with Gasteiger partial charge < -0.3 is 9.67 Å². The van der Waals surface area contributed by atoms with Gasteiger partial charge in [0, 0.05) is 5.39 Å². The first-order valence-corrected chi connectivity index (χ1v) is 8.66. The molecule has 1 atom stereocenters. The Morgan fingerprint density at radius 2 is 1.65 bits per heavy atom. The van der Waals surface area contributed by atoms with Crippen LogP contribution in [0.5, 0.6) is 0 Å². The maximum absolute atomic E-state index is 12.0. The molecule has 0 radical (unpaired) electrons. The number of benzene rings is 2. The summed E-state index contributed by atoms with van der Waals surface area (Å²) in [6, 6.07) is 15.6. The van der Waals surface area contributed by atoms with Gasteiger partial charge in [-0.1, -0.05) is 48.5 Å². The van der Waals surface area contributed by atoms with E-state index in [1.54, 1.807) is 60.0 Å². The molecule has 0 aliphatic carbocycles. The number of nitrogens with zero attached hydrogens (tertiary/aromatic N) is 1. The van der Waals surface area contributed by atoms with E-state index < -0.39 is 10.1 Å². The van der Waals surface area contributed by atoms with Crippen molar-refractivity contribution in [3.8, 4) is 11.3 Å². The van der Waals surface area contributed by atoms with Crippen LogP contribution in [0.15, 0.2) is 59.5 Å². The number of hydrogen-bond acceptors (Lipinski definition) is 3. The Bertz CT molecular complexity index is 945. The molecule has 0 bridgehead atoms. The van der Waals surface area contributed by atoms with Crippen molar-refractivity contribution in [2.24, 2.45) is 0 Å². The lowest BCUT2D eigenvalue weighted by atomic mass is 10.1. The first-order chi connectivity index (χ1) is 10.9. The van der Waals surface area contributed by atoms with E-state index in [4.69, 9.17) is 0 Å². The Morgan fingerprint density at radius 3 is 2.26 bits per heavy atom. The lowest BCUT2D eigenvalue weighted by molar-refractivity contribution is 0.242. The van der Waals surface area contributed by atoms with Crippen molar-refractivity contribution in [1.29, 1.82) is 0 Å². The molecule has 1 heterocycles. The van der Waals surface area contributed by atoms with Gasteiger partial charge in [0.25, 0.3) is 10.1 Å². The molecule has 0 aliphatic heterocycles. The highest BCUT2D eigenvalue weighted by atomic mass is 32.2. The second-order valence-corrected chi connectivity index (χ2v) is 6.80. The van der Waals surface area contributed by atoms with Crippen molar-refractivity contribution < 1.29 is 18.1 Å². The van der Waals surface area contributed by atoms with E-state index in [-0.39, 0.29) is 17.5 Å². The van der Waals surface area contributed by atoms with Crippen LogP contribution in [-0.2, 0) is 10.1 Å². The number of hydrogen-bond donors (Lipinski definition) is 2. The molecule has 0 amide bonds. The number of para-hydroxylation sites is 1. The molecule has 0 fully saturated rings. The first-order valence-electron chi connectivity index (χ1n) is 7.22. The van der Waals surface area contributed by atoms with Crippen LogP contribution in [0.4, 0.5) is 0 Å². The third-order valence-corrected chi connectivity index (χ3v) is 4.80. The van der Waals surface area contributed by atoms with Crippen molar-refractivity contribution in [2.45, 2.75) is 17.9 Å². The monoisotopic (exact) mass is 331 g/mol. The van der Waals surface area contributed by atoms with E-state index >= 15 is 0 Å². The molecule has 0 spiro atoms. The molecule has 5 nitrogen and oxygen atoms in total. The van der Waals surface area contributed by atoms with Gasteiger partial charge in [-0.2, -0.15) is 8.42 Å². The molecule has 1 aromatic heterocycles. The van der Waals surface area contributed by atoms with Gasteiger partial charge >= 0.3 is 0 Å². The van der Waals surface area contributed by atoms with Crippen molar-refractivity contribution in [3.05, 3.63) is 54.6 Å². The van der Waals surface area contributed by atoms with E-state index in [1.807, 2.05) is 6.07 Å². The topological polar surface area (TPSA) is 79.5 Å². The van der Waals surface area contributed by atoms with Crippen molar-refractivity contribution in [2.75, 3.05) is 6.61 Å². The summed E-state index contributed by atoms with van der Waals surface area (Å²) >= 11 is 0. The fraction of sp³-hybridized carbons (Fsp3) is 0.176. The molecule has 120 valence electrons. The Morgan fingerprint density at radius 1 is 1.04 bits per heavy atom. The summed E-state index contributed by atoms with van der Waals surface area (Å²) in [5.74, 6) is 0. The number of fused-ring (bicyclic) bond motifs is 1. The molecule has 0 saturated carbocycles. The van der Waals surface area contributed by atoms with Crippen molar-refractivity contribution in [1.82, 2.24) is 4.57 Å². The molecule has 2 aromatic carbocycles. The summed E-state index contributed by atoms with van der Waals surface area (Å²) in [6.07, 6.45) is 0. The Kier molecular flexibility index (Phi) is 3.97. The summed E-state index contributed by atoms with van der Waals surface area (Å²) in [5.41, 5.74) is 1.70. The number of aliphatic hydroxyl groups excluding tert-OH is 1. The van der Waals surface area contributed by atoms with Crippen LogP contribution >= 0.6 is 0 Å². The number of aromatic nitrogens is 1. The fourth-order valence-corrected chi connectivity index (χ4v) is 3.81. The zero-order chi connectivity index (χ0) is 16.6. The summed E-state index contributed by atoms with van der Waals surface area (Å²) < 4.78 is 35.6. The van der Waals surface area contributed by atoms with Crippen LogP contribution in [0.1, 0.15) is 13.0 Å². The maximum atomic E-state index is 12.0. The Hall–Kier alpha value is -2.15. The molecule has 0 saturated heterocycles. The SMILES string of the molecule is CC(CO)n1c(-c2ccccc2)c(S(=O)(=O)O)c2ccccc21. The molecular formula is C17H17NO4S. The summed E-state index contributed by atoms with van der Waals surface area (Å²) in [7, 11) is -4.43. The van der Waals surface area contributed by atoms with Crippen LogP contribution in [0.25, 0.3) is 22.2 Å². The minimum absolute atomic E-state index is 0.125. The number of aliphatic hydroxyl groups is 1. The average molecular weight is 331 g/mol. The van der Waals surface area contributed by atoms with Crippen LogP contribution < -0.4 is 0 Å². The zero-order valence-electron chi connectivity index (χ0n) is 12.5. The van der Waals surface area contributed by atoms with Crippen molar-refractivity contribution in [3.63, 3.8) is 0 Å². The average Bonchev–Trinajstić information content (AvgIpc) is 2.90. The van der Waals surface area contributed by atoms with Gasteiger partial charge in [0.2, 0.25) is 0 Å². The zero-order valence-corrected chi connectivity index (χ0v) is 13.4. The molecule has 6 heteroatoms. The maximum Gasteiger partial charge on any atom is 0.297 e.